The molecule has 0 spiro atoms. The largest absolute Gasteiger partial charge is 0.497 e. The van der Waals surface area contributed by atoms with Crippen LogP contribution in [-0.2, 0) is 0 Å². The van der Waals surface area contributed by atoms with Gasteiger partial charge in [-0.15, -0.1) is 0 Å². The van der Waals surface area contributed by atoms with Gasteiger partial charge in [-0.3, -0.25) is 4.57 Å². The Morgan fingerprint density at radius 2 is 2.10 bits per heavy atom. The maximum Gasteiger partial charge on any atom is 0.205 e. The molecule has 108 valence electrons. The molecule has 0 unspecified atom stereocenters. The fraction of sp³-hybridized carbons (Fsp3) is 0.0714. The Balaban J connectivity index is 2.34. The van der Waals surface area contributed by atoms with Crippen LogP contribution in [0, 0.1) is 5.82 Å². The number of imidazole rings is 1. The molecule has 21 heavy (non-hydrogen) atoms. The van der Waals surface area contributed by atoms with Gasteiger partial charge in [0.25, 0.3) is 0 Å². The van der Waals surface area contributed by atoms with Crippen LogP contribution in [0.1, 0.15) is 0 Å². The maximum absolute atomic E-state index is 13.5. The SMILES string of the molecule is COc1ccc(Br)c(-n2c(N)nc3cc(F)c(Cl)cc32)c1. The fourth-order valence-corrected chi connectivity index (χ4v) is 2.72. The number of methoxy groups -OCH3 is 1. The lowest BCUT2D eigenvalue weighted by molar-refractivity contribution is 0.414. The van der Waals surface area contributed by atoms with Crippen LogP contribution in [0.5, 0.6) is 5.75 Å². The number of aromatic nitrogens is 2. The Morgan fingerprint density at radius 1 is 1.33 bits per heavy atom. The highest BCUT2D eigenvalue weighted by atomic mass is 79.9. The molecule has 3 aromatic rings. The molecule has 3 rings (SSSR count). The molecule has 0 amide bonds. The molecule has 7 heteroatoms. The summed E-state index contributed by atoms with van der Waals surface area (Å²) in [5.74, 6) is 0.377. The molecule has 0 saturated carbocycles. The van der Waals surface area contributed by atoms with Crippen LogP contribution in [0.2, 0.25) is 5.02 Å². The summed E-state index contributed by atoms with van der Waals surface area (Å²) in [6.45, 7) is 0. The Kier molecular flexibility index (Phi) is 3.51. The summed E-state index contributed by atoms with van der Waals surface area (Å²) in [5, 5.41) is 0.0164. The molecule has 0 fully saturated rings. The zero-order chi connectivity index (χ0) is 15.1. The first-order valence-electron chi connectivity index (χ1n) is 5.98. The maximum atomic E-state index is 13.5. The number of halogens is 3. The average Bonchev–Trinajstić information content (AvgIpc) is 2.75. The van der Waals surface area contributed by atoms with Crippen LogP contribution in [-0.4, -0.2) is 16.7 Å². The number of nitrogens with zero attached hydrogens (tertiary/aromatic N) is 2. The number of hydrogen-bond donors (Lipinski definition) is 1. The van der Waals surface area contributed by atoms with E-state index in [-0.39, 0.29) is 11.0 Å². The van der Waals surface area contributed by atoms with E-state index in [2.05, 4.69) is 20.9 Å². The van der Waals surface area contributed by atoms with E-state index in [4.69, 9.17) is 22.1 Å². The highest BCUT2D eigenvalue weighted by Gasteiger charge is 2.15. The Bertz CT molecular complexity index is 850. The van der Waals surface area contributed by atoms with Gasteiger partial charge in [0, 0.05) is 16.6 Å². The quantitative estimate of drug-likeness (QED) is 0.736. The molecule has 0 saturated heterocycles. The molecule has 4 nitrogen and oxygen atoms in total. The summed E-state index contributed by atoms with van der Waals surface area (Å²) in [6, 6.07) is 8.22. The second-order valence-electron chi connectivity index (χ2n) is 4.38. The summed E-state index contributed by atoms with van der Waals surface area (Å²) < 4.78 is 21.2. The summed E-state index contributed by atoms with van der Waals surface area (Å²) in [5.41, 5.74) is 7.76. The van der Waals surface area contributed by atoms with E-state index in [0.29, 0.717) is 16.8 Å². The van der Waals surface area contributed by atoms with Gasteiger partial charge in [-0.25, -0.2) is 9.37 Å². The molecule has 0 aliphatic heterocycles. The minimum absolute atomic E-state index is 0.0164. The molecule has 2 N–H and O–H groups in total. The molecular formula is C14H10BrClFN3O. The van der Waals surface area contributed by atoms with Gasteiger partial charge in [-0.1, -0.05) is 11.6 Å². The van der Waals surface area contributed by atoms with Crippen molar-refractivity contribution in [3.8, 4) is 11.4 Å². The van der Waals surface area contributed by atoms with Gasteiger partial charge in [-0.05, 0) is 34.1 Å². The smallest absolute Gasteiger partial charge is 0.205 e. The third-order valence-electron chi connectivity index (χ3n) is 3.12. The van der Waals surface area contributed by atoms with Crippen molar-refractivity contribution in [2.45, 2.75) is 0 Å². The number of benzene rings is 2. The predicted molar refractivity (Wildman–Crippen MR) is 84.7 cm³/mol. The van der Waals surface area contributed by atoms with Crippen molar-refractivity contribution in [3.05, 3.63) is 45.6 Å². The van der Waals surface area contributed by atoms with Crippen LogP contribution < -0.4 is 10.5 Å². The van der Waals surface area contributed by atoms with E-state index in [9.17, 15) is 4.39 Å². The van der Waals surface area contributed by atoms with Gasteiger partial charge in [0.15, 0.2) is 0 Å². The summed E-state index contributed by atoms with van der Waals surface area (Å²) in [4.78, 5) is 4.17. The third-order valence-corrected chi connectivity index (χ3v) is 4.08. The van der Waals surface area contributed by atoms with Crippen LogP contribution in [0.4, 0.5) is 10.3 Å². The van der Waals surface area contributed by atoms with E-state index in [1.54, 1.807) is 17.7 Å². The summed E-state index contributed by atoms with van der Waals surface area (Å²) >= 11 is 9.33. The van der Waals surface area contributed by atoms with Crippen LogP contribution >= 0.6 is 27.5 Å². The van der Waals surface area contributed by atoms with E-state index in [0.717, 1.165) is 10.2 Å². The lowest BCUT2D eigenvalue weighted by Crippen LogP contribution is -2.02. The lowest BCUT2D eigenvalue weighted by atomic mass is 10.2. The van der Waals surface area contributed by atoms with Gasteiger partial charge >= 0.3 is 0 Å². The first kappa shape index (κ1) is 14.2. The molecule has 0 radical (unpaired) electrons. The number of nitrogen functional groups attached to an aromatic ring is 1. The topological polar surface area (TPSA) is 53.1 Å². The molecule has 2 aromatic carbocycles. The van der Waals surface area contributed by atoms with Crippen LogP contribution in [0.15, 0.2) is 34.8 Å². The lowest BCUT2D eigenvalue weighted by Gasteiger charge is -2.11. The van der Waals surface area contributed by atoms with Crippen molar-refractivity contribution < 1.29 is 9.13 Å². The Labute approximate surface area is 133 Å². The van der Waals surface area contributed by atoms with Crippen LogP contribution in [0.25, 0.3) is 16.7 Å². The van der Waals surface area contributed by atoms with Crippen molar-refractivity contribution in [1.29, 1.82) is 0 Å². The van der Waals surface area contributed by atoms with Crippen molar-refractivity contribution in [2.24, 2.45) is 0 Å². The first-order chi connectivity index (χ1) is 10.0. The minimum Gasteiger partial charge on any atom is -0.497 e. The standard InChI is InChI=1S/C14H10BrClFN3O/c1-21-7-2-3-8(15)12(4-7)20-13-5-9(16)10(17)6-11(13)19-14(20)18/h2-6H,1H3,(H2,18,19). The molecular weight excluding hydrogens is 361 g/mol. The van der Waals surface area contributed by atoms with Crippen molar-refractivity contribution >= 4 is 44.5 Å². The molecule has 0 atom stereocenters. The Hall–Kier alpha value is -1.79. The zero-order valence-electron chi connectivity index (χ0n) is 10.9. The number of rotatable bonds is 2. The van der Waals surface area contributed by atoms with E-state index in [1.165, 1.54) is 12.1 Å². The van der Waals surface area contributed by atoms with Gasteiger partial charge < -0.3 is 10.5 Å². The Morgan fingerprint density at radius 3 is 2.81 bits per heavy atom. The summed E-state index contributed by atoms with van der Waals surface area (Å²) in [6.07, 6.45) is 0. The monoisotopic (exact) mass is 369 g/mol. The number of hydrogen-bond acceptors (Lipinski definition) is 3. The van der Waals surface area contributed by atoms with Gasteiger partial charge in [0.2, 0.25) is 5.95 Å². The van der Waals surface area contributed by atoms with E-state index < -0.39 is 5.82 Å². The molecule has 0 bridgehead atoms. The molecule has 1 heterocycles. The average molecular weight is 371 g/mol. The molecule has 0 aliphatic rings. The summed E-state index contributed by atoms with van der Waals surface area (Å²) in [7, 11) is 1.58. The van der Waals surface area contributed by atoms with Gasteiger partial charge in [0.05, 0.1) is 28.9 Å². The third kappa shape index (κ3) is 2.34. The normalized spacial score (nSPS) is 11.0. The van der Waals surface area contributed by atoms with Crippen molar-refractivity contribution in [3.63, 3.8) is 0 Å². The van der Waals surface area contributed by atoms with Gasteiger partial charge in [-0.2, -0.15) is 0 Å². The molecule has 0 aliphatic carbocycles. The highest BCUT2D eigenvalue weighted by molar-refractivity contribution is 9.10. The number of fused-ring (bicyclic) bond motifs is 1. The minimum atomic E-state index is -0.529. The molecule has 1 aromatic heterocycles. The second-order valence-corrected chi connectivity index (χ2v) is 5.64. The highest BCUT2D eigenvalue weighted by Crippen LogP contribution is 2.32. The predicted octanol–water partition coefficient (Wildman–Crippen LogP) is 4.17. The van der Waals surface area contributed by atoms with Crippen LogP contribution in [0.3, 0.4) is 0 Å². The van der Waals surface area contributed by atoms with Gasteiger partial charge in [0.1, 0.15) is 11.6 Å². The van der Waals surface area contributed by atoms with Crippen molar-refractivity contribution in [2.75, 3.05) is 12.8 Å². The zero-order valence-corrected chi connectivity index (χ0v) is 13.2. The van der Waals surface area contributed by atoms with E-state index in [1.807, 2.05) is 12.1 Å². The second kappa shape index (κ2) is 5.20. The number of anilines is 1. The number of nitrogens with two attached hydrogens (primary N) is 1. The van der Waals surface area contributed by atoms with E-state index >= 15 is 0 Å². The fourth-order valence-electron chi connectivity index (χ4n) is 2.14. The van der Waals surface area contributed by atoms with Crippen molar-refractivity contribution in [1.82, 2.24) is 9.55 Å². The number of ether oxygens (including phenoxy) is 1. The first-order valence-corrected chi connectivity index (χ1v) is 7.15.